The molecule has 2 radical (unpaired) electrons. The van der Waals surface area contributed by atoms with Crippen LogP contribution in [0.2, 0.25) is 0 Å². The first-order valence-electron chi connectivity index (χ1n) is 2.33. The quantitative estimate of drug-likeness (QED) is 0.389. The van der Waals surface area contributed by atoms with Crippen molar-refractivity contribution in [3.05, 3.63) is 11.9 Å². The first-order chi connectivity index (χ1) is 3.79. The van der Waals surface area contributed by atoms with E-state index < -0.39 is 0 Å². The summed E-state index contributed by atoms with van der Waals surface area (Å²) in [6.45, 7) is 3.60. The molecule has 1 heterocycles. The molecule has 1 aromatic rings. The van der Waals surface area contributed by atoms with Crippen molar-refractivity contribution in [2.45, 2.75) is 6.92 Å². The van der Waals surface area contributed by atoms with Crippen molar-refractivity contribution in [3.8, 4) is 0 Å². The van der Waals surface area contributed by atoms with Crippen LogP contribution in [0.4, 0.5) is 0 Å². The van der Waals surface area contributed by atoms with Crippen LogP contribution in [-0.2, 0) is 0 Å². The molecular formula is C4H4B2N2. The molecule has 0 unspecified atom stereocenters. The second kappa shape index (κ2) is 2.07. The fourth-order valence-corrected chi connectivity index (χ4v) is 0.475. The van der Waals surface area contributed by atoms with Crippen LogP contribution in [0, 0.1) is 6.92 Å². The Labute approximate surface area is 50.0 Å². The van der Waals surface area contributed by atoms with Crippen molar-refractivity contribution in [2.75, 3.05) is 0 Å². The van der Waals surface area contributed by atoms with Crippen LogP contribution >= 0.6 is 0 Å². The second-order valence-corrected chi connectivity index (χ2v) is 1.58. The Morgan fingerprint density at radius 1 is 1.62 bits per heavy atom. The third kappa shape index (κ3) is 1.15. The molecule has 0 saturated carbocycles. The van der Waals surface area contributed by atoms with E-state index in [1.165, 1.54) is 6.33 Å². The minimum absolute atomic E-state index is 0.525. The zero-order valence-corrected chi connectivity index (χ0v) is 4.63. The van der Waals surface area contributed by atoms with Gasteiger partial charge in [0.25, 0.3) is 0 Å². The normalized spacial score (nSPS) is 8.62. The predicted octanol–water partition coefficient (Wildman–Crippen LogP) is -1.08. The number of nitrogens with zero attached hydrogens (tertiary/aromatic N) is 2. The van der Waals surface area contributed by atoms with Crippen LogP contribution in [0.3, 0.4) is 0 Å². The first-order valence-corrected chi connectivity index (χ1v) is 2.33. The van der Waals surface area contributed by atoms with Gasteiger partial charge in [-0.05, 0) is 0 Å². The molecule has 0 aliphatic heterocycles. The van der Waals surface area contributed by atoms with Crippen molar-refractivity contribution in [1.82, 2.24) is 9.97 Å². The summed E-state index contributed by atoms with van der Waals surface area (Å²) >= 11 is 0. The molecular weight excluding hydrogens is 97.7 g/mol. The molecule has 0 fully saturated rings. The van der Waals surface area contributed by atoms with Gasteiger partial charge in [-0.1, -0.05) is 0 Å². The average molecular weight is 102 g/mol. The van der Waals surface area contributed by atoms with E-state index in [0.717, 1.165) is 5.59 Å². The van der Waals surface area contributed by atoms with E-state index in [2.05, 4.69) is 9.97 Å². The standard InChI is InChI=1S/C4H4B2N2/c1-3-6-4(5)8-2-7-3/h2H,1H3. The Kier molecular flexibility index (Phi) is 1.42. The van der Waals surface area contributed by atoms with Crippen molar-refractivity contribution >= 4 is 20.2 Å². The molecule has 1 aromatic heterocycles. The summed E-state index contributed by atoms with van der Waals surface area (Å²) in [6, 6.07) is 0. The first kappa shape index (κ1) is 5.48. The summed E-state index contributed by atoms with van der Waals surface area (Å²) in [5, 5.41) is 0. The molecule has 4 heteroatoms. The maximum atomic E-state index is 5.31. The molecule has 36 valence electrons. The van der Waals surface area contributed by atoms with Crippen molar-refractivity contribution in [1.29, 1.82) is 0 Å². The van der Waals surface area contributed by atoms with E-state index in [-0.39, 0.29) is 0 Å². The van der Waals surface area contributed by atoms with Crippen LogP contribution in [0.5, 0.6) is 0 Å². The van der Waals surface area contributed by atoms with E-state index >= 15 is 0 Å². The summed E-state index contributed by atoms with van der Waals surface area (Å²) < 4.78 is 0. The fourth-order valence-electron chi connectivity index (χ4n) is 0.475. The van der Waals surface area contributed by atoms with Gasteiger partial charge in [-0.3, -0.25) is 0 Å². The van der Waals surface area contributed by atoms with E-state index in [4.69, 9.17) is 7.85 Å². The summed E-state index contributed by atoms with van der Waals surface area (Å²) in [4.78, 5) is 7.56. The van der Waals surface area contributed by atoms with Gasteiger partial charge in [-0.15, -0.1) is 0 Å². The molecule has 0 aliphatic rings. The Morgan fingerprint density at radius 2 is 2.38 bits per heavy atom. The molecule has 0 N–H and O–H groups in total. The number of hydrogen-bond acceptors (Lipinski definition) is 2. The van der Waals surface area contributed by atoms with Crippen molar-refractivity contribution in [2.24, 2.45) is 0 Å². The van der Waals surface area contributed by atoms with Gasteiger partial charge in [0.15, 0.2) is 0 Å². The van der Waals surface area contributed by atoms with Gasteiger partial charge in [0.05, 0.1) is 0 Å². The summed E-state index contributed by atoms with van der Waals surface area (Å²) in [7, 11) is 5.31. The van der Waals surface area contributed by atoms with Gasteiger partial charge in [-0.2, -0.15) is 0 Å². The zero-order valence-electron chi connectivity index (χ0n) is 4.63. The van der Waals surface area contributed by atoms with Gasteiger partial charge < -0.3 is 0 Å². The molecule has 2 nitrogen and oxygen atoms in total. The number of aromatic nitrogens is 2. The van der Waals surface area contributed by atoms with E-state index in [0.29, 0.717) is 5.49 Å². The van der Waals surface area contributed by atoms with Gasteiger partial charge in [0, 0.05) is 0 Å². The van der Waals surface area contributed by atoms with E-state index in [1.807, 2.05) is 6.92 Å². The second-order valence-electron chi connectivity index (χ2n) is 1.58. The molecule has 0 spiro atoms. The average Bonchev–Trinajstić information content (AvgIpc) is 1.64. The summed E-state index contributed by atoms with van der Waals surface area (Å²) in [5.74, 6) is 0. The monoisotopic (exact) mass is 102 g/mol. The van der Waals surface area contributed by atoms with Gasteiger partial charge in [-0.25, -0.2) is 0 Å². The molecule has 0 atom stereocenters. The number of aryl methyl sites for hydroxylation is 1. The van der Waals surface area contributed by atoms with Crippen LogP contribution < -0.4 is 5.49 Å². The van der Waals surface area contributed by atoms with Crippen molar-refractivity contribution < 1.29 is 0 Å². The molecule has 1 rings (SSSR count). The third-order valence-electron chi connectivity index (χ3n) is 0.825. The topological polar surface area (TPSA) is 25.8 Å². The molecule has 8 heavy (non-hydrogen) atoms. The Hall–Kier alpha value is -0.660. The Morgan fingerprint density at radius 3 is 2.75 bits per heavy atom. The number of rotatable bonds is 0. The van der Waals surface area contributed by atoms with Crippen LogP contribution in [0.25, 0.3) is 0 Å². The summed E-state index contributed by atoms with van der Waals surface area (Å²) in [6.07, 6.45) is 1.45. The predicted molar refractivity (Wildman–Crippen MR) is 33.5 cm³/mol. The van der Waals surface area contributed by atoms with Crippen LogP contribution in [-0.4, -0.2) is 24.7 Å². The minimum atomic E-state index is 0.525. The van der Waals surface area contributed by atoms with Crippen molar-refractivity contribution in [3.63, 3.8) is 0 Å². The van der Waals surface area contributed by atoms with Gasteiger partial charge in [0.1, 0.15) is 0 Å². The molecule has 0 saturated heterocycles. The van der Waals surface area contributed by atoms with Crippen LogP contribution in [0.15, 0.2) is 6.33 Å². The molecule has 0 amide bonds. The number of hydrogen-bond donors (Lipinski definition) is 0. The zero-order chi connectivity index (χ0) is 5.98. The Balaban J connectivity index is 3.08. The third-order valence-corrected chi connectivity index (χ3v) is 0.825. The van der Waals surface area contributed by atoms with Crippen LogP contribution in [0.1, 0.15) is 5.59 Å². The molecule has 0 aromatic carbocycles. The molecule has 0 bridgehead atoms. The maximum absolute atomic E-state index is 5.31. The Bertz CT molecular complexity index is 172. The van der Waals surface area contributed by atoms with E-state index in [1.54, 1.807) is 6.91 Å². The van der Waals surface area contributed by atoms with Gasteiger partial charge >= 0.3 is 49.1 Å². The SMILES string of the molecule is [B]c1bc(C)ncn1. The van der Waals surface area contributed by atoms with E-state index in [9.17, 15) is 0 Å². The summed E-state index contributed by atoms with van der Waals surface area (Å²) in [5.41, 5.74) is 1.43. The fraction of sp³-hybridized carbons (Fsp3) is 0.250. The van der Waals surface area contributed by atoms with Gasteiger partial charge in [0.2, 0.25) is 0 Å². The molecule has 0 aliphatic carbocycles.